The molecule has 0 saturated carbocycles. The highest BCUT2D eigenvalue weighted by molar-refractivity contribution is 7.99. The first-order valence-corrected chi connectivity index (χ1v) is 5.91. The number of thioether (sulfide) groups is 1. The van der Waals surface area contributed by atoms with Crippen molar-refractivity contribution in [3.8, 4) is 5.75 Å². The monoisotopic (exact) mass is 211 g/mol. The van der Waals surface area contributed by atoms with Gasteiger partial charge in [-0.1, -0.05) is 25.5 Å². The van der Waals surface area contributed by atoms with E-state index in [1.807, 2.05) is 18.2 Å². The molecule has 0 saturated heterocycles. The second kappa shape index (κ2) is 5.94. The quantitative estimate of drug-likeness (QED) is 0.581. The molecular formula is C11H17NOS. The number of phenolic OH excluding ortho intramolecular Hbond substituents is 1. The van der Waals surface area contributed by atoms with E-state index in [0.29, 0.717) is 12.3 Å². The Morgan fingerprint density at radius 1 is 1.43 bits per heavy atom. The summed E-state index contributed by atoms with van der Waals surface area (Å²) in [6.07, 6.45) is 2.36. The summed E-state index contributed by atoms with van der Waals surface area (Å²) in [4.78, 5) is 0.946. The topological polar surface area (TPSA) is 46.2 Å². The fourth-order valence-corrected chi connectivity index (χ4v) is 2.27. The van der Waals surface area contributed by atoms with Gasteiger partial charge in [0.1, 0.15) is 5.75 Å². The minimum absolute atomic E-state index is 0.358. The first-order chi connectivity index (χ1) is 6.79. The number of unbranched alkanes of at least 4 members (excludes halogenated alkanes) is 1. The molecule has 0 radical (unpaired) electrons. The molecule has 0 aromatic heterocycles. The molecule has 2 nitrogen and oxygen atoms in total. The first kappa shape index (κ1) is 11.4. The van der Waals surface area contributed by atoms with Crippen molar-refractivity contribution < 1.29 is 5.11 Å². The molecule has 14 heavy (non-hydrogen) atoms. The summed E-state index contributed by atoms with van der Waals surface area (Å²) < 4.78 is 0. The van der Waals surface area contributed by atoms with Crippen LogP contribution in [0.5, 0.6) is 5.75 Å². The van der Waals surface area contributed by atoms with E-state index in [9.17, 15) is 5.11 Å². The van der Waals surface area contributed by atoms with Gasteiger partial charge in [0.05, 0.1) is 0 Å². The molecule has 78 valence electrons. The van der Waals surface area contributed by atoms with Crippen LogP contribution >= 0.6 is 11.8 Å². The maximum atomic E-state index is 9.79. The Morgan fingerprint density at radius 3 is 2.86 bits per heavy atom. The Morgan fingerprint density at radius 2 is 2.21 bits per heavy atom. The summed E-state index contributed by atoms with van der Waals surface area (Å²) in [6, 6.07) is 5.74. The summed E-state index contributed by atoms with van der Waals surface area (Å²) in [7, 11) is 0. The highest BCUT2D eigenvalue weighted by atomic mass is 32.2. The molecule has 1 rings (SSSR count). The largest absolute Gasteiger partial charge is 0.506 e. The molecule has 3 heteroatoms. The lowest BCUT2D eigenvalue weighted by molar-refractivity contribution is 0.455. The first-order valence-electron chi connectivity index (χ1n) is 4.93. The van der Waals surface area contributed by atoms with Crippen molar-refractivity contribution in [2.45, 2.75) is 31.2 Å². The van der Waals surface area contributed by atoms with Crippen LogP contribution in [0.1, 0.15) is 25.3 Å². The molecule has 0 aliphatic carbocycles. The number of rotatable bonds is 5. The smallest absolute Gasteiger partial charge is 0.133 e. The van der Waals surface area contributed by atoms with Gasteiger partial charge in [-0.05, 0) is 18.2 Å². The van der Waals surface area contributed by atoms with E-state index < -0.39 is 0 Å². The second-order valence-corrected chi connectivity index (χ2v) is 4.31. The third kappa shape index (κ3) is 2.93. The second-order valence-electron chi connectivity index (χ2n) is 3.17. The van der Waals surface area contributed by atoms with E-state index in [0.717, 1.165) is 16.2 Å². The van der Waals surface area contributed by atoms with Gasteiger partial charge >= 0.3 is 0 Å². The summed E-state index contributed by atoms with van der Waals surface area (Å²) in [5.74, 6) is 1.41. The van der Waals surface area contributed by atoms with E-state index in [-0.39, 0.29) is 0 Å². The molecule has 1 aromatic carbocycles. The van der Waals surface area contributed by atoms with Crippen molar-refractivity contribution in [2.75, 3.05) is 5.75 Å². The van der Waals surface area contributed by atoms with E-state index >= 15 is 0 Å². The number of aromatic hydroxyl groups is 1. The lowest BCUT2D eigenvalue weighted by atomic mass is 10.2. The zero-order valence-corrected chi connectivity index (χ0v) is 9.31. The van der Waals surface area contributed by atoms with Gasteiger partial charge < -0.3 is 10.8 Å². The highest BCUT2D eigenvalue weighted by Gasteiger charge is 2.05. The molecular weight excluding hydrogens is 194 g/mol. The molecule has 0 unspecified atom stereocenters. The van der Waals surface area contributed by atoms with Crippen molar-refractivity contribution in [1.82, 2.24) is 0 Å². The van der Waals surface area contributed by atoms with Crippen molar-refractivity contribution in [3.63, 3.8) is 0 Å². The van der Waals surface area contributed by atoms with E-state index in [1.165, 1.54) is 12.8 Å². The number of nitrogens with two attached hydrogens (primary N) is 1. The molecule has 0 bridgehead atoms. The number of hydrogen-bond donors (Lipinski definition) is 2. The van der Waals surface area contributed by atoms with Crippen LogP contribution in [0, 0.1) is 0 Å². The lowest BCUT2D eigenvalue weighted by Gasteiger charge is -2.07. The van der Waals surface area contributed by atoms with Gasteiger partial charge in [0.15, 0.2) is 0 Å². The minimum Gasteiger partial charge on any atom is -0.506 e. The normalized spacial score (nSPS) is 10.4. The Labute approximate surface area is 89.5 Å². The number of para-hydroxylation sites is 1. The Hall–Kier alpha value is -0.670. The number of benzene rings is 1. The molecule has 3 N–H and O–H groups in total. The summed E-state index contributed by atoms with van der Waals surface area (Å²) in [5, 5.41) is 9.79. The van der Waals surface area contributed by atoms with Crippen molar-refractivity contribution in [3.05, 3.63) is 23.8 Å². The third-order valence-electron chi connectivity index (χ3n) is 2.06. The number of hydrogen-bond acceptors (Lipinski definition) is 3. The van der Waals surface area contributed by atoms with Crippen molar-refractivity contribution in [2.24, 2.45) is 5.73 Å². The van der Waals surface area contributed by atoms with Crippen LogP contribution in [0.4, 0.5) is 0 Å². The van der Waals surface area contributed by atoms with Crippen LogP contribution in [0.2, 0.25) is 0 Å². The standard InChI is InChI=1S/C11H17NOS/c1-2-3-7-14-10-6-4-5-9(8-12)11(10)13/h4-6,13H,2-3,7-8,12H2,1H3. The maximum absolute atomic E-state index is 9.79. The Bertz CT molecular complexity index is 289. The van der Waals surface area contributed by atoms with E-state index in [2.05, 4.69) is 6.92 Å². The summed E-state index contributed by atoms with van der Waals surface area (Å²) >= 11 is 1.70. The van der Waals surface area contributed by atoms with Crippen LogP contribution in [-0.4, -0.2) is 10.9 Å². The summed E-state index contributed by atoms with van der Waals surface area (Å²) in [6.45, 7) is 2.56. The predicted octanol–water partition coefficient (Wildman–Crippen LogP) is 2.74. The van der Waals surface area contributed by atoms with E-state index in [4.69, 9.17) is 5.73 Å². The Balaban J connectivity index is 2.66. The predicted molar refractivity (Wildman–Crippen MR) is 61.6 cm³/mol. The minimum atomic E-state index is 0.358. The van der Waals surface area contributed by atoms with Crippen LogP contribution in [-0.2, 0) is 6.54 Å². The van der Waals surface area contributed by atoms with Gasteiger partial charge in [0, 0.05) is 17.0 Å². The van der Waals surface area contributed by atoms with Crippen LogP contribution < -0.4 is 5.73 Å². The van der Waals surface area contributed by atoms with Gasteiger partial charge in [-0.25, -0.2) is 0 Å². The summed E-state index contributed by atoms with van der Waals surface area (Å²) in [5.41, 5.74) is 6.33. The van der Waals surface area contributed by atoms with Gasteiger partial charge in [-0.15, -0.1) is 11.8 Å². The lowest BCUT2D eigenvalue weighted by Crippen LogP contribution is -1.96. The molecule has 0 aliphatic heterocycles. The molecule has 0 aliphatic rings. The molecule has 0 atom stereocenters. The number of phenols is 1. The van der Waals surface area contributed by atoms with Gasteiger partial charge in [-0.3, -0.25) is 0 Å². The van der Waals surface area contributed by atoms with Gasteiger partial charge in [0.2, 0.25) is 0 Å². The van der Waals surface area contributed by atoms with Crippen LogP contribution in [0.3, 0.4) is 0 Å². The molecule has 0 heterocycles. The Kier molecular flexibility index (Phi) is 4.84. The maximum Gasteiger partial charge on any atom is 0.133 e. The van der Waals surface area contributed by atoms with E-state index in [1.54, 1.807) is 11.8 Å². The SMILES string of the molecule is CCCCSc1cccc(CN)c1O. The van der Waals surface area contributed by atoms with Gasteiger partial charge in [0.25, 0.3) is 0 Å². The fraction of sp³-hybridized carbons (Fsp3) is 0.455. The average molecular weight is 211 g/mol. The van der Waals surface area contributed by atoms with Crippen molar-refractivity contribution >= 4 is 11.8 Å². The van der Waals surface area contributed by atoms with Crippen LogP contribution in [0.15, 0.2) is 23.1 Å². The third-order valence-corrected chi connectivity index (χ3v) is 3.19. The van der Waals surface area contributed by atoms with Crippen LogP contribution in [0.25, 0.3) is 0 Å². The molecule has 1 aromatic rings. The average Bonchev–Trinajstić information content (AvgIpc) is 2.21. The highest BCUT2D eigenvalue weighted by Crippen LogP contribution is 2.31. The molecule has 0 amide bonds. The van der Waals surface area contributed by atoms with Gasteiger partial charge in [-0.2, -0.15) is 0 Å². The molecule has 0 spiro atoms. The zero-order valence-electron chi connectivity index (χ0n) is 8.49. The van der Waals surface area contributed by atoms with Crippen molar-refractivity contribution in [1.29, 1.82) is 0 Å². The molecule has 0 fully saturated rings. The fourth-order valence-electron chi connectivity index (χ4n) is 1.18. The zero-order chi connectivity index (χ0) is 10.4.